The van der Waals surface area contributed by atoms with E-state index in [1.807, 2.05) is 12.1 Å². The van der Waals surface area contributed by atoms with E-state index in [4.69, 9.17) is 5.26 Å². The minimum absolute atomic E-state index is 0.759. The molecule has 0 aliphatic heterocycles. The first kappa shape index (κ1) is 7.40. The predicted molar refractivity (Wildman–Crippen MR) is 55.5 cm³/mol. The Bertz CT molecular complexity index is 655. The molecule has 0 fully saturated rings. The molecular formula is C12H8N2. The van der Waals surface area contributed by atoms with E-state index in [9.17, 15) is 0 Å². The molecule has 0 N–H and O–H groups in total. The summed E-state index contributed by atoms with van der Waals surface area (Å²) in [4.78, 5) is 0. The molecule has 0 aliphatic rings. The van der Waals surface area contributed by atoms with Gasteiger partial charge in [-0.1, -0.05) is 0 Å². The van der Waals surface area contributed by atoms with Crippen molar-refractivity contribution in [1.29, 1.82) is 5.26 Å². The summed E-state index contributed by atoms with van der Waals surface area (Å²) in [6.07, 6.45) is 0. The quantitative estimate of drug-likeness (QED) is 0.522. The molecule has 0 atom stereocenters. The van der Waals surface area contributed by atoms with Crippen molar-refractivity contribution in [3.05, 3.63) is 41.5 Å². The summed E-state index contributed by atoms with van der Waals surface area (Å²) in [5.74, 6) is 0. The Balaban J connectivity index is 2.67. The van der Waals surface area contributed by atoms with Gasteiger partial charge in [0.1, 0.15) is 6.07 Å². The second-order valence-corrected chi connectivity index (χ2v) is 3.61. The van der Waals surface area contributed by atoms with Gasteiger partial charge in [0, 0.05) is 11.0 Å². The largest absolute Gasteiger partial charge is 0.309 e. The fourth-order valence-electron chi connectivity index (χ4n) is 2.04. The topological polar surface area (TPSA) is 28.2 Å². The van der Waals surface area contributed by atoms with E-state index >= 15 is 0 Å². The maximum atomic E-state index is 8.97. The lowest BCUT2D eigenvalue weighted by molar-refractivity contribution is 1.31. The van der Waals surface area contributed by atoms with E-state index in [1.165, 1.54) is 5.56 Å². The minimum atomic E-state index is 0.759. The number of pyridine rings is 1. The highest BCUT2D eigenvalue weighted by Gasteiger charge is 2.08. The Labute approximate surface area is 81.3 Å². The zero-order chi connectivity index (χ0) is 9.71. The van der Waals surface area contributed by atoms with Crippen molar-refractivity contribution < 1.29 is 0 Å². The highest BCUT2D eigenvalue weighted by molar-refractivity contribution is 5.80. The maximum Gasteiger partial charge on any atom is 0.101 e. The van der Waals surface area contributed by atoms with Crippen LogP contribution in [0.4, 0.5) is 0 Å². The van der Waals surface area contributed by atoms with Crippen molar-refractivity contribution >= 4 is 16.6 Å². The Hall–Kier alpha value is -2.01. The summed E-state index contributed by atoms with van der Waals surface area (Å²) in [5, 5.41) is 8.97. The molecule has 3 heterocycles. The van der Waals surface area contributed by atoms with E-state index < -0.39 is 0 Å². The molecule has 0 saturated heterocycles. The first-order valence-corrected chi connectivity index (χ1v) is 4.54. The number of hydrogen-bond donors (Lipinski definition) is 0. The zero-order valence-electron chi connectivity index (χ0n) is 7.78. The molecular weight excluding hydrogens is 172 g/mol. The van der Waals surface area contributed by atoms with Gasteiger partial charge in [-0.2, -0.15) is 5.26 Å². The third-order valence-electron chi connectivity index (χ3n) is 2.61. The molecule has 14 heavy (non-hydrogen) atoms. The molecule has 0 saturated carbocycles. The summed E-state index contributed by atoms with van der Waals surface area (Å²) >= 11 is 0. The highest BCUT2D eigenvalue weighted by atomic mass is 14.9. The molecule has 3 aromatic heterocycles. The van der Waals surface area contributed by atoms with Gasteiger partial charge < -0.3 is 4.40 Å². The van der Waals surface area contributed by atoms with Crippen LogP contribution in [0.25, 0.3) is 16.6 Å². The molecule has 0 spiro atoms. The molecule has 0 unspecified atom stereocenters. The van der Waals surface area contributed by atoms with Crippen molar-refractivity contribution in [3.63, 3.8) is 0 Å². The van der Waals surface area contributed by atoms with E-state index in [1.54, 1.807) is 0 Å². The van der Waals surface area contributed by atoms with Gasteiger partial charge in [0.05, 0.1) is 11.1 Å². The molecule has 3 aromatic rings. The zero-order valence-corrected chi connectivity index (χ0v) is 7.78. The van der Waals surface area contributed by atoms with Crippen molar-refractivity contribution in [3.8, 4) is 6.07 Å². The lowest BCUT2D eigenvalue weighted by Gasteiger charge is -1.98. The molecule has 2 nitrogen and oxygen atoms in total. The molecule has 66 valence electrons. The number of nitriles is 1. The molecule has 0 bridgehead atoms. The van der Waals surface area contributed by atoms with E-state index in [2.05, 4.69) is 35.6 Å². The molecule has 0 aliphatic carbocycles. The van der Waals surface area contributed by atoms with Crippen LogP contribution in [0.15, 0.2) is 30.3 Å². The summed E-state index contributed by atoms with van der Waals surface area (Å²) in [7, 11) is 0. The Kier molecular flexibility index (Phi) is 1.20. The highest BCUT2D eigenvalue weighted by Crippen LogP contribution is 2.24. The van der Waals surface area contributed by atoms with Crippen LogP contribution in [0.5, 0.6) is 0 Å². The second kappa shape index (κ2) is 2.27. The van der Waals surface area contributed by atoms with Crippen LogP contribution < -0.4 is 0 Å². The van der Waals surface area contributed by atoms with Gasteiger partial charge in [-0.3, -0.25) is 0 Å². The summed E-state index contributed by atoms with van der Waals surface area (Å²) in [6.45, 7) is 2.05. The van der Waals surface area contributed by atoms with Gasteiger partial charge in [-0.15, -0.1) is 0 Å². The minimum Gasteiger partial charge on any atom is -0.309 e. The van der Waals surface area contributed by atoms with E-state index in [0.29, 0.717) is 0 Å². The van der Waals surface area contributed by atoms with Crippen molar-refractivity contribution in [1.82, 2.24) is 4.40 Å². The van der Waals surface area contributed by atoms with Crippen molar-refractivity contribution in [2.24, 2.45) is 0 Å². The smallest absolute Gasteiger partial charge is 0.101 e. The Morgan fingerprint density at radius 3 is 2.57 bits per heavy atom. The fraction of sp³-hybridized carbons (Fsp3) is 0.0833. The van der Waals surface area contributed by atoms with Gasteiger partial charge in [0.15, 0.2) is 0 Å². The normalized spacial score (nSPS) is 11.1. The van der Waals surface area contributed by atoms with Gasteiger partial charge in [0.2, 0.25) is 0 Å². The number of hydrogen-bond acceptors (Lipinski definition) is 1. The average Bonchev–Trinajstić information content (AvgIpc) is 2.70. The van der Waals surface area contributed by atoms with E-state index in [-0.39, 0.29) is 0 Å². The molecule has 0 amide bonds. The number of aromatic nitrogens is 1. The van der Waals surface area contributed by atoms with Gasteiger partial charge in [-0.25, -0.2) is 0 Å². The SMILES string of the molecule is Cc1cc2ccc3cc(C#N)c(c1)n23. The first-order valence-electron chi connectivity index (χ1n) is 4.54. The standard InChI is InChI=1S/C12H8N2/c1-8-4-10-2-3-11-6-9(7-13)12(5-8)14(10)11/h2-6H,1H3. The van der Waals surface area contributed by atoms with Crippen molar-refractivity contribution in [2.75, 3.05) is 0 Å². The van der Waals surface area contributed by atoms with Crippen LogP contribution in [0.2, 0.25) is 0 Å². The lowest BCUT2D eigenvalue weighted by Crippen LogP contribution is -1.84. The molecule has 3 rings (SSSR count). The van der Waals surface area contributed by atoms with Gasteiger partial charge in [0.25, 0.3) is 0 Å². The first-order chi connectivity index (χ1) is 6.79. The van der Waals surface area contributed by atoms with Gasteiger partial charge in [-0.05, 0) is 42.8 Å². The summed E-state index contributed by atoms with van der Waals surface area (Å²) < 4.78 is 2.12. The maximum absolute atomic E-state index is 8.97. The van der Waals surface area contributed by atoms with Gasteiger partial charge >= 0.3 is 0 Å². The van der Waals surface area contributed by atoms with Crippen LogP contribution in [-0.2, 0) is 0 Å². The van der Waals surface area contributed by atoms with Crippen LogP contribution in [0, 0.1) is 18.3 Å². The Morgan fingerprint density at radius 2 is 1.86 bits per heavy atom. The van der Waals surface area contributed by atoms with Crippen LogP contribution in [0.3, 0.4) is 0 Å². The monoisotopic (exact) mass is 180 g/mol. The molecule has 2 heteroatoms. The van der Waals surface area contributed by atoms with Crippen LogP contribution in [0.1, 0.15) is 11.1 Å². The molecule has 0 aromatic carbocycles. The predicted octanol–water partition coefficient (Wildman–Crippen LogP) is 2.71. The fourth-order valence-corrected chi connectivity index (χ4v) is 2.04. The van der Waals surface area contributed by atoms with E-state index in [0.717, 1.165) is 22.1 Å². The molecule has 0 radical (unpaired) electrons. The summed E-state index contributed by atoms with van der Waals surface area (Å²) in [6, 6.07) is 12.5. The Morgan fingerprint density at radius 1 is 1.14 bits per heavy atom. The number of rotatable bonds is 0. The average molecular weight is 180 g/mol. The third kappa shape index (κ3) is 0.742. The third-order valence-corrected chi connectivity index (χ3v) is 2.61. The van der Waals surface area contributed by atoms with Crippen molar-refractivity contribution in [2.45, 2.75) is 6.92 Å². The van der Waals surface area contributed by atoms with Crippen LogP contribution >= 0.6 is 0 Å². The lowest BCUT2D eigenvalue weighted by atomic mass is 10.2. The second-order valence-electron chi connectivity index (χ2n) is 3.61. The number of nitrogens with zero attached hydrogens (tertiary/aromatic N) is 2. The van der Waals surface area contributed by atoms with Crippen LogP contribution in [-0.4, -0.2) is 4.40 Å². The summed E-state index contributed by atoms with van der Waals surface area (Å²) in [5.41, 5.74) is 5.24. The number of aryl methyl sites for hydroxylation is 1.